The Morgan fingerprint density at radius 2 is 2.11 bits per heavy atom. The number of aryl methyl sites for hydroxylation is 1. The van der Waals surface area contributed by atoms with Crippen molar-refractivity contribution in [3.05, 3.63) is 12.5 Å². The minimum Gasteiger partial charge on any atom is -0.481 e. The van der Waals surface area contributed by atoms with E-state index >= 15 is 0 Å². The molecule has 106 valence electrons. The molecule has 1 heterocycles. The van der Waals surface area contributed by atoms with Crippen LogP contribution in [0.1, 0.15) is 12.8 Å². The van der Waals surface area contributed by atoms with E-state index in [1.54, 1.807) is 7.05 Å². The van der Waals surface area contributed by atoms with E-state index < -0.39 is 34.4 Å². The van der Waals surface area contributed by atoms with Crippen LogP contribution in [0.3, 0.4) is 0 Å². The van der Waals surface area contributed by atoms with Gasteiger partial charge in [-0.25, -0.2) is 13.4 Å². The van der Waals surface area contributed by atoms with Crippen molar-refractivity contribution in [1.82, 2.24) is 14.3 Å². The number of carboxylic acid groups (broad SMARTS) is 2. The number of imidazole rings is 1. The average Bonchev–Trinajstić information content (AvgIpc) is 2.71. The van der Waals surface area contributed by atoms with Gasteiger partial charge in [0.2, 0.25) is 0 Å². The lowest BCUT2D eigenvalue weighted by Crippen LogP contribution is -2.41. The third kappa shape index (κ3) is 4.34. The van der Waals surface area contributed by atoms with Gasteiger partial charge in [0.1, 0.15) is 6.04 Å². The Bertz CT molecular complexity index is 579. The van der Waals surface area contributed by atoms with Crippen LogP contribution < -0.4 is 4.72 Å². The van der Waals surface area contributed by atoms with Crippen molar-refractivity contribution in [2.45, 2.75) is 23.9 Å². The fraction of sp³-hybridized carbons (Fsp3) is 0.444. The summed E-state index contributed by atoms with van der Waals surface area (Å²) in [5.41, 5.74) is 0. The monoisotopic (exact) mass is 291 g/mol. The number of rotatable bonds is 7. The van der Waals surface area contributed by atoms with Gasteiger partial charge in [-0.1, -0.05) is 0 Å². The molecule has 3 N–H and O–H groups in total. The number of aromatic nitrogens is 2. The second kappa shape index (κ2) is 5.80. The molecular formula is C9H13N3O6S. The van der Waals surface area contributed by atoms with E-state index in [1.807, 2.05) is 4.72 Å². The van der Waals surface area contributed by atoms with E-state index in [0.29, 0.717) is 0 Å². The maximum atomic E-state index is 11.8. The van der Waals surface area contributed by atoms with Crippen LogP contribution in [0.2, 0.25) is 0 Å². The molecule has 0 bridgehead atoms. The van der Waals surface area contributed by atoms with Crippen LogP contribution in [0.25, 0.3) is 0 Å². The molecule has 1 atom stereocenters. The molecule has 0 spiro atoms. The fourth-order valence-corrected chi connectivity index (χ4v) is 2.48. The van der Waals surface area contributed by atoms with Crippen molar-refractivity contribution >= 4 is 22.0 Å². The second-order valence-electron chi connectivity index (χ2n) is 3.82. The van der Waals surface area contributed by atoms with Crippen LogP contribution in [0, 0.1) is 0 Å². The Labute approximate surface area is 108 Å². The molecule has 10 heteroatoms. The summed E-state index contributed by atoms with van der Waals surface area (Å²) in [5.74, 6) is -2.65. The number of hydrogen-bond acceptors (Lipinski definition) is 5. The number of carboxylic acids is 2. The normalized spacial score (nSPS) is 13.1. The maximum absolute atomic E-state index is 11.8. The Morgan fingerprint density at radius 1 is 1.47 bits per heavy atom. The van der Waals surface area contributed by atoms with Crippen LogP contribution in [-0.4, -0.2) is 46.2 Å². The van der Waals surface area contributed by atoms with E-state index in [0.717, 1.165) is 0 Å². The molecule has 0 aliphatic heterocycles. The van der Waals surface area contributed by atoms with Crippen molar-refractivity contribution in [2.24, 2.45) is 7.05 Å². The summed E-state index contributed by atoms with van der Waals surface area (Å²) in [6.07, 6.45) is 1.65. The minimum atomic E-state index is -4.09. The largest absolute Gasteiger partial charge is 0.481 e. The average molecular weight is 291 g/mol. The van der Waals surface area contributed by atoms with Crippen molar-refractivity contribution in [2.75, 3.05) is 0 Å². The highest BCUT2D eigenvalue weighted by Gasteiger charge is 2.27. The van der Waals surface area contributed by atoms with Gasteiger partial charge in [0.25, 0.3) is 10.0 Å². The molecular weight excluding hydrogens is 278 g/mol. The quantitative estimate of drug-likeness (QED) is 0.586. The summed E-state index contributed by atoms with van der Waals surface area (Å²) < 4.78 is 26.9. The predicted octanol–water partition coefficient (Wildman–Crippen LogP) is -0.984. The zero-order chi connectivity index (χ0) is 14.6. The Balaban J connectivity index is 2.84. The molecule has 0 radical (unpaired) electrons. The second-order valence-corrected chi connectivity index (χ2v) is 5.48. The lowest BCUT2D eigenvalue weighted by Gasteiger charge is -2.12. The third-order valence-corrected chi connectivity index (χ3v) is 3.56. The number of aliphatic carboxylic acids is 2. The van der Waals surface area contributed by atoms with Gasteiger partial charge >= 0.3 is 11.9 Å². The molecule has 1 aromatic heterocycles. The van der Waals surface area contributed by atoms with Gasteiger partial charge in [-0.15, -0.1) is 0 Å². The van der Waals surface area contributed by atoms with E-state index in [-0.39, 0.29) is 11.4 Å². The molecule has 9 nitrogen and oxygen atoms in total. The highest BCUT2D eigenvalue weighted by molar-refractivity contribution is 7.89. The molecule has 0 aliphatic carbocycles. The summed E-state index contributed by atoms with van der Waals surface area (Å²) in [6, 6.07) is -1.51. The van der Waals surface area contributed by atoms with Gasteiger partial charge in [0.05, 0.1) is 6.33 Å². The Kier molecular flexibility index (Phi) is 4.62. The topological polar surface area (TPSA) is 139 Å². The number of carbonyl (C=O) groups is 2. The Morgan fingerprint density at radius 3 is 2.53 bits per heavy atom. The van der Waals surface area contributed by atoms with Crippen LogP contribution in [-0.2, 0) is 26.7 Å². The van der Waals surface area contributed by atoms with Gasteiger partial charge in [-0.3, -0.25) is 9.59 Å². The minimum absolute atomic E-state index is 0.323. The highest BCUT2D eigenvalue weighted by atomic mass is 32.2. The number of hydrogen-bond donors (Lipinski definition) is 3. The number of sulfonamides is 1. The summed E-state index contributed by atoms with van der Waals surface area (Å²) in [5, 5.41) is 17.0. The van der Waals surface area contributed by atoms with Crippen molar-refractivity contribution in [3.8, 4) is 0 Å². The lowest BCUT2D eigenvalue weighted by atomic mass is 10.2. The van der Waals surface area contributed by atoms with E-state index in [9.17, 15) is 18.0 Å². The molecule has 0 aliphatic rings. The van der Waals surface area contributed by atoms with Gasteiger partial charge in [-0.05, 0) is 6.42 Å². The molecule has 0 amide bonds. The molecule has 1 aromatic rings. The van der Waals surface area contributed by atoms with Crippen molar-refractivity contribution < 1.29 is 28.2 Å². The van der Waals surface area contributed by atoms with E-state index in [2.05, 4.69) is 4.98 Å². The van der Waals surface area contributed by atoms with E-state index in [1.165, 1.54) is 17.1 Å². The van der Waals surface area contributed by atoms with Crippen LogP contribution in [0.4, 0.5) is 0 Å². The molecule has 1 rings (SSSR count). The summed E-state index contributed by atoms with van der Waals surface area (Å²) in [6.45, 7) is 0. The smallest absolute Gasteiger partial charge is 0.321 e. The highest BCUT2D eigenvalue weighted by Crippen LogP contribution is 2.07. The van der Waals surface area contributed by atoms with Crippen LogP contribution in [0.5, 0.6) is 0 Å². The van der Waals surface area contributed by atoms with Gasteiger partial charge < -0.3 is 14.8 Å². The van der Waals surface area contributed by atoms with Crippen molar-refractivity contribution in [3.63, 3.8) is 0 Å². The standard InChI is InChI=1S/C9H13N3O6S/c1-12-4-7(10-5-12)19(17,18)11-6(9(15)16)2-3-8(13)14/h4-6,11H,2-3H2,1H3,(H,13,14)(H,15,16). The first-order valence-electron chi connectivity index (χ1n) is 5.17. The first kappa shape index (κ1) is 15.1. The Hall–Kier alpha value is -1.94. The van der Waals surface area contributed by atoms with Crippen LogP contribution in [0.15, 0.2) is 17.6 Å². The number of nitrogens with zero attached hydrogens (tertiary/aromatic N) is 2. The van der Waals surface area contributed by atoms with Gasteiger partial charge in [0, 0.05) is 19.7 Å². The molecule has 0 saturated heterocycles. The molecule has 1 unspecified atom stereocenters. The zero-order valence-corrected chi connectivity index (χ0v) is 10.8. The molecule has 0 saturated carbocycles. The summed E-state index contributed by atoms with van der Waals surface area (Å²) in [7, 11) is -2.53. The molecule has 19 heavy (non-hydrogen) atoms. The van der Waals surface area contributed by atoms with Gasteiger partial charge in [0.15, 0.2) is 5.03 Å². The van der Waals surface area contributed by atoms with E-state index in [4.69, 9.17) is 10.2 Å². The SMILES string of the molecule is Cn1cnc(S(=O)(=O)NC(CCC(=O)O)C(=O)O)c1. The molecule has 0 aromatic carbocycles. The van der Waals surface area contributed by atoms with Gasteiger partial charge in [-0.2, -0.15) is 4.72 Å². The third-order valence-electron chi connectivity index (χ3n) is 2.20. The predicted molar refractivity (Wildman–Crippen MR) is 61.8 cm³/mol. The first-order valence-corrected chi connectivity index (χ1v) is 6.65. The summed E-state index contributed by atoms with van der Waals surface area (Å²) >= 11 is 0. The number of nitrogens with one attached hydrogen (secondary N) is 1. The first-order chi connectivity index (χ1) is 8.72. The van der Waals surface area contributed by atoms with Crippen molar-refractivity contribution in [1.29, 1.82) is 0 Å². The lowest BCUT2D eigenvalue weighted by molar-refractivity contribution is -0.140. The molecule has 0 fully saturated rings. The summed E-state index contributed by atoms with van der Waals surface area (Å²) in [4.78, 5) is 24.9. The fourth-order valence-electron chi connectivity index (χ4n) is 1.28. The zero-order valence-electron chi connectivity index (χ0n) is 9.98. The maximum Gasteiger partial charge on any atom is 0.321 e. The van der Waals surface area contributed by atoms with Crippen LogP contribution >= 0.6 is 0 Å².